The van der Waals surface area contributed by atoms with E-state index in [2.05, 4.69) is 11.4 Å². The fourth-order valence-corrected chi connectivity index (χ4v) is 4.23. The van der Waals surface area contributed by atoms with Crippen LogP contribution in [-0.4, -0.2) is 60.9 Å². The highest BCUT2D eigenvalue weighted by molar-refractivity contribution is 5.79. The van der Waals surface area contributed by atoms with Crippen LogP contribution in [0.15, 0.2) is 36.4 Å². The van der Waals surface area contributed by atoms with Gasteiger partial charge < -0.3 is 19.9 Å². The van der Waals surface area contributed by atoms with Gasteiger partial charge in [0.15, 0.2) is 0 Å². The highest BCUT2D eigenvalue weighted by Gasteiger charge is 2.32. The lowest BCUT2D eigenvalue weighted by Crippen LogP contribution is -2.47. The average Bonchev–Trinajstić information content (AvgIpc) is 2.74. The van der Waals surface area contributed by atoms with Crippen molar-refractivity contribution in [1.29, 1.82) is 0 Å². The summed E-state index contributed by atoms with van der Waals surface area (Å²) in [7, 11) is 0. The number of para-hydroxylation sites is 1. The lowest BCUT2D eigenvalue weighted by molar-refractivity contribution is -0.134. The van der Waals surface area contributed by atoms with Crippen LogP contribution in [0.3, 0.4) is 0 Å². The zero-order valence-electron chi connectivity index (χ0n) is 17.6. The predicted molar refractivity (Wildman–Crippen MR) is 114 cm³/mol. The summed E-state index contributed by atoms with van der Waals surface area (Å²) >= 11 is 0. The number of piperidine rings is 1. The van der Waals surface area contributed by atoms with Crippen LogP contribution in [-0.2, 0) is 16.1 Å². The zero-order chi connectivity index (χ0) is 20.6. The molecule has 3 rings (SSSR count). The van der Waals surface area contributed by atoms with E-state index in [0.29, 0.717) is 39.2 Å². The number of nitrogens with zero attached hydrogens (tertiary/aromatic N) is 2. The summed E-state index contributed by atoms with van der Waals surface area (Å²) in [5.41, 5.74) is 1.05. The molecule has 0 unspecified atom stereocenters. The Morgan fingerprint density at radius 1 is 1.24 bits per heavy atom. The molecule has 1 saturated heterocycles. The van der Waals surface area contributed by atoms with Crippen molar-refractivity contribution in [3.05, 3.63) is 42.0 Å². The van der Waals surface area contributed by atoms with Crippen LogP contribution in [0.25, 0.3) is 0 Å². The van der Waals surface area contributed by atoms with Gasteiger partial charge in [0, 0.05) is 44.7 Å². The lowest BCUT2D eigenvalue weighted by atomic mass is 9.82. The number of carbonyl (C=O) groups is 2. The van der Waals surface area contributed by atoms with Crippen LogP contribution >= 0.6 is 0 Å². The molecule has 0 spiro atoms. The molecule has 6 heteroatoms. The number of hydrogen-bond donors (Lipinski definition) is 1. The molecule has 0 aliphatic carbocycles. The molecule has 0 saturated carbocycles. The first kappa shape index (κ1) is 21.4. The zero-order valence-corrected chi connectivity index (χ0v) is 17.6. The Kier molecular flexibility index (Phi) is 7.69. The summed E-state index contributed by atoms with van der Waals surface area (Å²) in [6.45, 7) is 8.30. The summed E-state index contributed by atoms with van der Waals surface area (Å²) < 4.78 is 5.95. The topological polar surface area (TPSA) is 61.9 Å². The molecule has 2 amide bonds. The number of benzene rings is 1. The third-order valence-corrected chi connectivity index (χ3v) is 5.99. The molecule has 2 aliphatic rings. The minimum Gasteiger partial charge on any atom is -0.489 e. The van der Waals surface area contributed by atoms with E-state index in [1.54, 1.807) is 0 Å². The van der Waals surface area contributed by atoms with Gasteiger partial charge in [-0.15, -0.1) is 0 Å². The van der Waals surface area contributed by atoms with Gasteiger partial charge in [-0.1, -0.05) is 30.4 Å². The molecule has 0 aromatic heterocycles. The second kappa shape index (κ2) is 10.4. The molecule has 0 radical (unpaired) electrons. The first-order valence-electron chi connectivity index (χ1n) is 10.8. The molecule has 2 aliphatic heterocycles. The van der Waals surface area contributed by atoms with E-state index in [4.69, 9.17) is 4.74 Å². The first-order chi connectivity index (χ1) is 14.1. The Morgan fingerprint density at radius 2 is 2.03 bits per heavy atom. The SMILES string of the molecule is CCN(CC)C(=O)C[C@@H]1CCN2C[C@@H]1/C=C\COc1ccccc1CNCC2=O. The van der Waals surface area contributed by atoms with Gasteiger partial charge in [-0.2, -0.15) is 0 Å². The summed E-state index contributed by atoms with van der Waals surface area (Å²) in [6.07, 6.45) is 5.58. The van der Waals surface area contributed by atoms with E-state index in [1.807, 2.05) is 54.0 Å². The lowest BCUT2D eigenvalue weighted by Gasteiger charge is -2.38. The maximum Gasteiger partial charge on any atom is 0.236 e. The molecule has 1 aromatic rings. The van der Waals surface area contributed by atoms with Gasteiger partial charge in [-0.25, -0.2) is 0 Å². The number of carbonyl (C=O) groups excluding carboxylic acids is 2. The molecule has 1 N–H and O–H groups in total. The van der Waals surface area contributed by atoms with Crippen LogP contribution in [0.1, 0.15) is 32.3 Å². The highest BCUT2D eigenvalue weighted by atomic mass is 16.5. The second-order valence-corrected chi connectivity index (χ2v) is 7.77. The van der Waals surface area contributed by atoms with E-state index < -0.39 is 0 Å². The van der Waals surface area contributed by atoms with E-state index in [1.165, 1.54) is 0 Å². The molecule has 2 bridgehead atoms. The fourth-order valence-electron chi connectivity index (χ4n) is 4.23. The van der Waals surface area contributed by atoms with Crippen molar-refractivity contribution in [1.82, 2.24) is 15.1 Å². The van der Waals surface area contributed by atoms with Crippen LogP contribution in [0.5, 0.6) is 5.75 Å². The number of hydrogen-bond acceptors (Lipinski definition) is 4. The van der Waals surface area contributed by atoms with E-state index in [-0.39, 0.29) is 23.7 Å². The molecule has 2 atom stereocenters. The third-order valence-electron chi connectivity index (χ3n) is 5.99. The van der Waals surface area contributed by atoms with E-state index >= 15 is 0 Å². The van der Waals surface area contributed by atoms with Gasteiger partial charge in [0.2, 0.25) is 11.8 Å². The fraction of sp³-hybridized carbons (Fsp3) is 0.565. The van der Waals surface area contributed by atoms with Crippen molar-refractivity contribution in [2.45, 2.75) is 33.2 Å². The summed E-state index contributed by atoms with van der Waals surface area (Å²) in [5, 5.41) is 3.25. The number of rotatable bonds is 4. The molecule has 2 heterocycles. The summed E-state index contributed by atoms with van der Waals surface area (Å²) in [5.74, 6) is 1.60. The van der Waals surface area contributed by atoms with Crippen molar-refractivity contribution in [3.63, 3.8) is 0 Å². The molecule has 6 nitrogen and oxygen atoms in total. The minimum atomic E-state index is 0.120. The van der Waals surface area contributed by atoms with Gasteiger partial charge in [0.25, 0.3) is 0 Å². The third kappa shape index (κ3) is 5.60. The maximum atomic E-state index is 12.7. The van der Waals surface area contributed by atoms with Crippen LogP contribution in [0.4, 0.5) is 0 Å². The molecule has 1 aromatic carbocycles. The van der Waals surface area contributed by atoms with Crippen molar-refractivity contribution >= 4 is 11.8 Å². The first-order valence-corrected chi connectivity index (χ1v) is 10.8. The normalized spacial score (nSPS) is 23.7. The van der Waals surface area contributed by atoms with Gasteiger partial charge in [-0.3, -0.25) is 9.59 Å². The summed E-state index contributed by atoms with van der Waals surface area (Å²) in [6, 6.07) is 7.91. The Hall–Kier alpha value is -2.34. The Balaban J connectivity index is 1.74. The molecule has 29 heavy (non-hydrogen) atoms. The van der Waals surface area contributed by atoms with Gasteiger partial charge >= 0.3 is 0 Å². The smallest absolute Gasteiger partial charge is 0.236 e. The number of fused-ring (bicyclic) bond motifs is 3. The van der Waals surface area contributed by atoms with Gasteiger partial charge in [-0.05, 0) is 38.2 Å². The van der Waals surface area contributed by atoms with Crippen LogP contribution in [0, 0.1) is 11.8 Å². The largest absolute Gasteiger partial charge is 0.489 e. The Bertz CT molecular complexity index is 730. The summed E-state index contributed by atoms with van der Waals surface area (Å²) in [4.78, 5) is 29.2. The van der Waals surface area contributed by atoms with Gasteiger partial charge in [0.05, 0.1) is 6.54 Å². The Morgan fingerprint density at radius 3 is 2.83 bits per heavy atom. The van der Waals surface area contributed by atoms with Crippen molar-refractivity contribution < 1.29 is 14.3 Å². The minimum absolute atomic E-state index is 0.120. The second-order valence-electron chi connectivity index (χ2n) is 7.77. The predicted octanol–water partition coefficient (Wildman–Crippen LogP) is 2.45. The standard InChI is InChI=1S/C23H33N3O3/c1-3-25(4-2)22(27)14-18-11-12-26-17-20(18)9-7-13-29-21-10-6-5-8-19(21)15-24-16-23(26)28/h5-10,18,20,24H,3-4,11-17H2,1-2H3/b9-7-/t18-,20-/m0/s1. The van der Waals surface area contributed by atoms with Crippen LogP contribution in [0.2, 0.25) is 0 Å². The Labute approximate surface area is 173 Å². The molecular weight excluding hydrogens is 366 g/mol. The number of amides is 2. The monoisotopic (exact) mass is 399 g/mol. The van der Waals surface area contributed by atoms with Crippen molar-refractivity contribution in [3.8, 4) is 5.75 Å². The maximum absolute atomic E-state index is 12.7. The van der Waals surface area contributed by atoms with Crippen LogP contribution < -0.4 is 10.1 Å². The number of nitrogens with one attached hydrogen (secondary N) is 1. The van der Waals surface area contributed by atoms with E-state index in [0.717, 1.165) is 30.8 Å². The van der Waals surface area contributed by atoms with Crippen molar-refractivity contribution in [2.24, 2.45) is 11.8 Å². The molecule has 1 fully saturated rings. The molecule has 158 valence electrons. The quantitative estimate of drug-likeness (QED) is 0.790. The number of ether oxygens (including phenoxy) is 1. The van der Waals surface area contributed by atoms with Gasteiger partial charge in [0.1, 0.15) is 12.4 Å². The average molecular weight is 400 g/mol. The van der Waals surface area contributed by atoms with Crippen molar-refractivity contribution in [2.75, 3.05) is 39.3 Å². The van der Waals surface area contributed by atoms with E-state index in [9.17, 15) is 9.59 Å². The highest BCUT2D eigenvalue weighted by Crippen LogP contribution is 2.29. The molecular formula is C23H33N3O3.